The molecule has 2 saturated carbocycles. The summed E-state index contributed by atoms with van der Waals surface area (Å²) in [4.78, 5) is 58.0. The van der Waals surface area contributed by atoms with Gasteiger partial charge < -0.3 is 30.2 Å². The van der Waals surface area contributed by atoms with Gasteiger partial charge in [-0.25, -0.2) is 9.59 Å². The van der Waals surface area contributed by atoms with Gasteiger partial charge in [-0.05, 0) is 91.7 Å². The van der Waals surface area contributed by atoms with Crippen molar-refractivity contribution in [1.82, 2.24) is 19.6 Å². The van der Waals surface area contributed by atoms with Crippen molar-refractivity contribution in [3.8, 4) is 0 Å². The quantitative estimate of drug-likeness (QED) is 0.224. The number of hydrogen-bond acceptors (Lipinski definition) is 4. The van der Waals surface area contributed by atoms with E-state index in [2.05, 4.69) is 55.7 Å². The highest BCUT2D eigenvalue weighted by atomic mass is 16.2. The van der Waals surface area contributed by atoms with Crippen molar-refractivity contribution >= 4 is 35.3 Å². The Bertz CT molecular complexity index is 1530. The highest BCUT2D eigenvalue weighted by Gasteiger charge is 2.25. The van der Waals surface area contributed by atoms with E-state index in [0.29, 0.717) is 58.0 Å². The molecular weight excluding hydrogens is 713 g/mol. The van der Waals surface area contributed by atoms with Crippen LogP contribution in [0.3, 0.4) is 0 Å². The summed E-state index contributed by atoms with van der Waals surface area (Å²) < 4.78 is 0. The number of hydrogen-bond donors (Lipinski definition) is 2. The monoisotopic (exact) mass is 785 g/mol. The summed E-state index contributed by atoms with van der Waals surface area (Å²) in [5.74, 6) is 2.51. The standard InChI is InChI=1S/C24H37N3O2.C23H35N3O2/c1-2-3-7-21-10-13-22(14-11-21)25-24(29)27-17-6-16-26(18-19-27)23(28)15-12-20-8-4-5-9-20;1-18(2)20-9-11-21(12-10-20)24-23(28)26-15-5-14-25(16-17-26)22(27)13-8-19-6-3-4-7-19/h10-11,13-14,20H,2-9,12,15-19H2,1H3,(H,25,29);9-12,18-19H,3-8,13-17H2,1-2H3,(H,24,28). The maximum atomic E-state index is 12.7. The van der Waals surface area contributed by atoms with Gasteiger partial charge in [0.2, 0.25) is 11.8 Å². The number of amides is 6. The number of rotatable bonds is 12. The second kappa shape index (κ2) is 23.4. The van der Waals surface area contributed by atoms with Crippen molar-refractivity contribution in [2.45, 2.75) is 136 Å². The van der Waals surface area contributed by atoms with Crippen LogP contribution in [-0.2, 0) is 16.0 Å². The molecule has 0 bridgehead atoms. The number of benzene rings is 2. The highest BCUT2D eigenvalue weighted by Crippen LogP contribution is 2.30. The van der Waals surface area contributed by atoms with Crippen LogP contribution in [0.4, 0.5) is 21.0 Å². The predicted octanol–water partition coefficient (Wildman–Crippen LogP) is 9.91. The van der Waals surface area contributed by atoms with Crippen molar-refractivity contribution in [3.05, 3.63) is 59.7 Å². The van der Waals surface area contributed by atoms with Gasteiger partial charge in [0, 0.05) is 76.6 Å². The Hall–Kier alpha value is -4.08. The fraction of sp³-hybridized carbons (Fsp3) is 0.660. The highest BCUT2D eigenvalue weighted by molar-refractivity contribution is 5.90. The normalized spacial score (nSPS) is 18.2. The Balaban J connectivity index is 0.000000218. The lowest BCUT2D eigenvalue weighted by molar-refractivity contribution is -0.132. The van der Waals surface area contributed by atoms with E-state index >= 15 is 0 Å². The summed E-state index contributed by atoms with van der Waals surface area (Å²) in [5.41, 5.74) is 4.23. The number of carbonyl (C=O) groups excluding carboxylic acids is 4. The first-order valence-corrected chi connectivity index (χ1v) is 22.5. The second-order valence-corrected chi connectivity index (χ2v) is 17.3. The summed E-state index contributed by atoms with van der Waals surface area (Å²) in [7, 11) is 0. The van der Waals surface area contributed by atoms with Crippen LogP contribution in [-0.4, -0.2) is 95.8 Å². The van der Waals surface area contributed by atoms with Gasteiger partial charge in [0.1, 0.15) is 0 Å². The number of carbonyl (C=O) groups is 4. The Morgan fingerprint density at radius 2 is 0.965 bits per heavy atom. The number of anilines is 2. The summed E-state index contributed by atoms with van der Waals surface area (Å²) in [6.45, 7) is 11.9. The van der Waals surface area contributed by atoms with Crippen LogP contribution in [0.2, 0.25) is 0 Å². The van der Waals surface area contributed by atoms with E-state index in [1.807, 2.05) is 43.9 Å². The molecule has 4 aliphatic rings. The van der Waals surface area contributed by atoms with Crippen molar-refractivity contribution in [2.24, 2.45) is 11.8 Å². The van der Waals surface area contributed by atoms with Crippen molar-refractivity contribution < 1.29 is 19.2 Å². The first kappa shape index (κ1) is 44.0. The molecule has 0 unspecified atom stereocenters. The third-order valence-corrected chi connectivity index (χ3v) is 12.6. The molecule has 0 atom stereocenters. The van der Waals surface area contributed by atoms with Gasteiger partial charge in [-0.3, -0.25) is 9.59 Å². The first-order valence-electron chi connectivity index (χ1n) is 22.5. The lowest BCUT2D eigenvalue weighted by Crippen LogP contribution is -2.39. The fourth-order valence-corrected chi connectivity index (χ4v) is 8.80. The maximum absolute atomic E-state index is 12.7. The van der Waals surface area contributed by atoms with Gasteiger partial charge in [0.05, 0.1) is 0 Å². The van der Waals surface area contributed by atoms with Gasteiger partial charge in [-0.1, -0.05) is 103 Å². The van der Waals surface area contributed by atoms with Gasteiger partial charge >= 0.3 is 12.1 Å². The zero-order valence-corrected chi connectivity index (χ0v) is 35.5. The third kappa shape index (κ3) is 14.7. The molecule has 2 aliphatic carbocycles. The molecule has 0 aromatic heterocycles. The molecule has 2 aromatic rings. The van der Waals surface area contributed by atoms with Crippen molar-refractivity contribution in [1.29, 1.82) is 0 Å². The Morgan fingerprint density at radius 1 is 0.561 bits per heavy atom. The summed E-state index contributed by atoms with van der Waals surface area (Å²) >= 11 is 0. The third-order valence-electron chi connectivity index (χ3n) is 12.6. The minimum Gasteiger partial charge on any atom is -0.341 e. The fourth-order valence-electron chi connectivity index (χ4n) is 8.80. The van der Waals surface area contributed by atoms with Gasteiger partial charge in [0.15, 0.2) is 0 Å². The molecule has 0 spiro atoms. The molecule has 6 amide bonds. The van der Waals surface area contributed by atoms with Crippen molar-refractivity contribution in [3.63, 3.8) is 0 Å². The minimum atomic E-state index is -0.0717. The average Bonchev–Trinajstić information content (AvgIpc) is 3.82. The zero-order valence-electron chi connectivity index (χ0n) is 35.5. The summed E-state index contributed by atoms with van der Waals surface area (Å²) in [6, 6.07) is 16.1. The van der Waals surface area contributed by atoms with Crippen LogP contribution in [0, 0.1) is 11.8 Å². The van der Waals surface area contributed by atoms with Crippen LogP contribution in [0.1, 0.15) is 141 Å². The first-order chi connectivity index (χ1) is 27.7. The maximum Gasteiger partial charge on any atom is 0.321 e. The van der Waals surface area contributed by atoms with Gasteiger partial charge in [0.25, 0.3) is 0 Å². The molecule has 10 heteroatoms. The Kier molecular flexibility index (Phi) is 18.0. The van der Waals surface area contributed by atoms with E-state index in [1.54, 1.807) is 0 Å². The number of aryl methyl sites for hydroxylation is 1. The smallest absolute Gasteiger partial charge is 0.321 e. The van der Waals surface area contributed by atoms with Crippen molar-refractivity contribution in [2.75, 3.05) is 63.0 Å². The molecule has 2 aliphatic heterocycles. The molecule has 57 heavy (non-hydrogen) atoms. The predicted molar refractivity (Wildman–Crippen MR) is 232 cm³/mol. The molecule has 2 saturated heterocycles. The van der Waals surface area contributed by atoms with Crippen LogP contribution in [0.15, 0.2) is 48.5 Å². The van der Waals surface area contributed by atoms with Crippen LogP contribution >= 0.6 is 0 Å². The number of nitrogens with one attached hydrogen (secondary N) is 2. The number of unbranched alkanes of at least 4 members (excludes halogenated alkanes) is 1. The molecule has 4 fully saturated rings. The van der Waals surface area contributed by atoms with E-state index in [4.69, 9.17) is 0 Å². The van der Waals surface area contributed by atoms with Gasteiger partial charge in [-0.15, -0.1) is 0 Å². The number of urea groups is 2. The number of nitrogens with zero attached hydrogens (tertiary/aromatic N) is 4. The molecule has 314 valence electrons. The SMILES string of the molecule is CC(C)c1ccc(NC(=O)N2CCCN(C(=O)CCC3CCCC3)CC2)cc1.CCCCc1ccc(NC(=O)N2CCCN(C(=O)CCC3CCCC3)CC2)cc1. The zero-order chi connectivity index (χ0) is 40.4. The summed E-state index contributed by atoms with van der Waals surface area (Å²) in [5, 5.41) is 6.01. The lowest BCUT2D eigenvalue weighted by Gasteiger charge is -2.23. The molecule has 6 rings (SSSR count). The van der Waals surface area contributed by atoms with E-state index < -0.39 is 0 Å². The minimum absolute atomic E-state index is 0.0634. The molecule has 2 N–H and O–H groups in total. The van der Waals surface area contributed by atoms with E-state index in [-0.39, 0.29) is 23.9 Å². The van der Waals surface area contributed by atoms with Crippen LogP contribution in [0.25, 0.3) is 0 Å². The van der Waals surface area contributed by atoms with Crippen LogP contribution in [0.5, 0.6) is 0 Å². The average molecular weight is 785 g/mol. The molecule has 10 nitrogen and oxygen atoms in total. The Labute approximate surface area is 343 Å². The Morgan fingerprint density at radius 3 is 1.39 bits per heavy atom. The van der Waals surface area contributed by atoms with E-state index in [0.717, 1.165) is 68.4 Å². The molecule has 2 aromatic carbocycles. The second-order valence-electron chi connectivity index (χ2n) is 17.3. The molecule has 0 radical (unpaired) electrons. The van der Waals surface area contributed by atoms with E-state index in [9.17, 15) is 19.2 Å². The lowest BCUT2D eigenvalue weighted by atomic mass is 10.0. The molecule has 2 heterocycles. The van der Waals surface area contributed by atoms with E-state index in [1.165, 1.54) is 75.3 Å². The van der Waals surface area contributed by atoms with Gasteiger partial charge in [-0.2, -0.15) is 0 Å². The topological polar surface area (TPSA) is 105 Å². The largest absolute Gasteiger partial charge is 0.341 e. The van der Waals surface area contributed by atoms with Crippen LogP contribution < -0.4 is 10.6 Å². The summed E-state index contributed by atoms with van der Waals surface area (Å²) in [6.07, 6.45) is 19.0. The molecular formula is C47H72N6O4.